The molecule has 2 amide bonds. The average Bonchev–Trinajstić information content (AvgIpc) is 3.21. The highest BCUT2D eigenvalue weighted by Gasteiger charge is 2.45. The van der Waals surface area contributed by atoms with Crippen LogP contribution in [0.5, 0.6) is 0 Å². The van der Waals surface area contributed by atoms with E-state index in [1.807, 2.05) is 0 Å². The van der Waals surface area contributed by atoms with Gasteiger partial charge in [0.1, 0.15) is 29.0 Å². The van der Waals surface area contributed by atoms with E-state index in [1.54, 1.807) is 13.8 Å². The van der Waals surface area contributed by atoms with Crippen molar-refractivity contribution in [1.82, 2.24) is 15.6 Å². The van der Waals surface area contributed by atoms with Crippen LogP contribution in [0, 0.1) is 23.4 Å². The van der Waals surface area contributed by atoms with E-state index in [9.17, 15) is 32.7 Å². The molecule has 1 unspecified atom stereocenters. The average molecular weight is 550 g/mol. The summed E-state index contributed by atoms with van der Waals surface area (Å²) in [7, 11) is 0. The molecule has 0 fully saturated rings. The van der Waals surface area contributed by atoms with Crippen LogP contribution in [-0.4, -0.2) is 39.5 Å². The second-order valence-corrected chi connectivity index (χ2v) is 10.2. The number of carbonyl (C=O) groups is 3. The Bertz CT molecular complexity index is 1430. The van der Waals surface area contributed by atoms with E-state index in [4.69, 9.17) is 11.6 Å². The van der Waals surface area contributed by atoms with Crippen LogP contribution in [-0.2, 0) is 33.6 Å². The molecule has 4 N–H and O–H groups in total. The van der Waals surface area contributed by atoms with E-state index < -0.39 is 53.2 Å². The zero-order chi connectivity index (χ0) is 27.8. The summed E-state index contributed by atoms with van der Waals surface area (Å²) in [5.74, 6) is -5.27. The van der Waals surface area contributed by atoms with Crippen LogP contribution in [0.15, 0.2) is 30.3 Å². The summed E-state index contributed by atoms with van der Waals surface area (Å²) in [4.78, 5) is 41.8. The maximum absolute atomic E-state index is 14.1. The first-order valence-electron chi connectivity index (χ1n) is 12.2. The molecule has 0 saturated carbocycles. The number of aromatic amines is 1. The highest BCUT2D eigenvalue weighted by molar-refractivity contribution is 6.35. The third kappa shape index (κ3) is 5.36. The normalized spacial score (nSPS) is 18.5. The molecule has 4 rings (SSSR count). The third-order valence-corrected chi connectivity index (χ3v) is 7.55. The lowest BCUT2D eigenvalue weighted by Gasteiger charge is -2.36. The van der Waals surface area contributed by atoms with Crippen LogP contribution in [0.25, 0.3) is 10.9 Å². The van der Waals surface area contributed by atoms with Gasteiger partial charge in [0.25, 0.3) is 0 Å². The second-order valence-electron chi connectivity index (χ2n) is 9.79. The first-order chi connectivity index (χ1) is 17.9. The summed E-state index contributed by atoms with van der Waals surface area (Å²) in [6.45, 7) is 3.53. The van der Waals surface area contributed by atoms with Crippen LogP contribution in [0.2, 0.25) is 5.02 Å². The van der Waals surface area contributed by atoms with Crippen molar-refractivity contribution in [2.24, 2.45) is 5.92 Å². The molecule has 0 aliphatic heterocycles. The maximum atomic E-state index is 14.1. The molecule has 202 valence electrons. The van der Waals surface area contributed by atoms with Gasteiger partial charge in [0.15, 0.2) is 0 Å². The molecule has 11 heteroatoms. The van der Waals surface area contributed by atoms with Crippen molar-refractivity contribution in [2.45, 2.75) is 57.5 Å². The molecule has 0 saturated heterocycles. The van der Waals surface area contributed by atoms with Crippen molar-refractivity contribution in [3.63, 3.8) is 0 Å². The van der Waals surface area contributed by atoms with Gasteiger partial charge >= 0.3 is 5.97 Å². The van der Waals surface area contributed by atoms with Crippen molar-refractivity contribution < 1.29 is 32.7 Å². The summed E-state index contributed by atoms with van der Waals surface area (Å²) in [6, 6.07) is 4.17. The predicted octanol–water partition coefficient (Wildman–Crippen LogP) is 4.44. The largest absolute Gasteiger partial charge is 0.479 e. The number of aromatic nitrogens is 1. The standard InChI is InChI=1S/C27H27ClF3N3O4/c1-3-13(2)23(33-22(35)8-14-4-5-15(29)11-20(14)31)25(36)34-27(26(37)38)7-6-21-18(12-27)17-9-16(30)10-19(28)24(17)32-21/h4-5,9-11,13,23,32H,3,6-8,12H2,1-2H3,(H,33,35)(H,34,36)(H,37,38)/t13?,23-,27+/m0/s1. The predicted molar refractivity (Wildman–Crippen MR) is 135 cm³/mol. The number of carboxylic acid groups (broad SMARTS) is 1. The van der Waals surface area contributed by atoms with E-state index in [2.05, 4.69) is 15.6 Å². The van der Waals surface area contributed by atoms with Gasteiger partial charge in [-0.05, 0) is 48.1 Å². The molecule has 0 radical (unpaired) electrons. The van der Waals surface area contributed by atoms with Gasteiger partial charge in [0.2, 0.25) is 11.8 Å². The number of fused-ring (bicyclic) bond motifs is 3. The number of amides is 2. The lowest BCUT2D eigenvalue weighted by atomic mass is 9.79. The molecule has 1 aliphatic rings. The van der Waals surface area contributed by atoms with E-state index in [0.29, 0.717) is 34.6 Å². The lowest BCUT2D eigenvalue weighted by Crippen LogP contribution is -2.62. The summed E-state index contributed by atoms with van der Waals surface area (Å²) in [6.07, 6.45) is 0.245. The van der Waals surface area contributed by atoms with Crippen LogP contribution >= 0.6 is 11.6 Å². The van der Waals surface area contributed by atoms with Gasteiger partial charge in [-0.25, -0.2) is 18.0 Å². The van der Waals surface area contributed by atoms with Crippen molar-refractivity contribution in [2.75, 3.05) is 0 Å². The van der Waals surface area contributed by atoms with Crippen molar-refractivity contribution in [3.05, 3.63) is 69.6 Å². The third-order valence-electron chi connectivity index (χ3n) is 7.25. The highest BCUT2D eigenvalue weighted by atomic mass is 35.5. The molecule has 1 heterocycles. The summed E-state index contributed by atoms with van der Waals surface area (Å²) in [5, 5.41) is 16.0. The number of nitrogens with one attached hydrogen (secondary N) is 3. The molecule has 1 aliphatic carbocycles. The van der Waals surface area contributed by atoms with Crippen molar-refractivity contribution in [3.8, 4) is 0 Å². The number of hydrogen-bond donors (Lipinski definition) is 4. The van der Waals surface area contributed by atoms with Crippen molar-refractivity contribution in [1.29, 1.82) is 0 Å². The molecule has 3 aromatic rings. The number of H-pyrrole nitrogens is 1. The minimum absolute atomic E-state index is 0.0424. The van der Waals surface area contributed by atoms with Crippen LogP contribution in [0.1, 0.15) is 43.5 Å². The number of benzene rings is 2. The molecule has 38 heavy (non-hydrogen) atoms. The SMILES string of the molecule is CCC(C)[C@H](NC(=O)Cc1ccc(F)cc1F)C(=O)N[C@]1(C(=O)O)CCc2[nH]c3c(Cl)cc(F)cc3c2C1. The zero-order valence-electron chi connectivity index (χ0n) is 20.8. The Hall–Kier alpha value is -3.53. The number of halogens is 4. The van der Waals surface area contributed by atoms with Gasteiger partial charge in [-0.1, -0.05) is 37.9 Å². The van der Waals surface area contributed by atoms with Gasteiger partial charge in [0.05, 0.1) is 17.0 Å². The van der Waals surface area contributed by atoms with Gasteiger partial charge in [-0.3, -0.25) is 9.59 Å². The number of rotatable bonds is 8. The maximum Gasteiger partial charge on any atom is 0.329 e. The number of carbonyl (C=O) groups excluding carboxylic acids is 2. The molecule has 1 aromatic heterocycles. The Morgan fingerprint density at radius 3 is 2.55 bits per heavy atom. The molecule has 0 bridgehead atoms. The fraction of sp³-hybridized carbons (Fsp3) is 0.370. The Morgan fingerprint density at radius 1 is 1.16 bits per heavy atom. The number of carboxylic acids is 1. The van der Waals surface area contributed by atoms with Gasteiger partial charge in [0, 0.05) is 23.6 Å². The Balaban J connectivity index is 1.58. The highest BCUT2D eigenvalue weighted by Crippen LogP contribution is 2.37. The summed E-state index contributed by atoms with van der Waals surface area (Å²) in [5.41, 5.74) is -0.00192. The quantitative estimate of drug-likeness (QED) is 0.333. The lowest BCUT2D eigenvalue weighted by molar-refractivity contribution is -0.149. The molecule has 2 aromatic carbocycles. The molecular formula is C27H27ClF3N3O4. The zero-order valence-corrected chi connectivity index (χ0v) is 21.5. The Labute approximate surface area is 221 Å². The monoisotopic (exact) mass is 549 g/mol. The molecule has 3 atom stereocenters. The number of aryl methyl sites for hydroxylation is 1. The number of aliphatic carboxylic acids is 1. The van der Waals surface area contributed by atoms with Gasteiger partial charge in [-0.2, -0.15) is 0 Å². The van der Waals surface area contributed by atoms with E-state index in [-0.39, 0.29) is 35.8 Å². The molecule has 7 nitrogen and oxygen atoms in total. The first-order valence-corrected chi connectivity index (χ1v) is 12.6. The van der Waals surface area contributed by atoms with E-state index in [0.717, 1.165) is 18.2 Å². The van der Waals surface area contributed by atoms with E-state index in [1.165, 1.54) is 6.07 Å². The van der Waals surface area contributed by atoms with Crippen LogP contribution in [0.4, 0.5) is 13.2 Å². The molecule has 0 spiro atoms. The Kier molecular flexibility index (Phi) is 7.73. The first kappa shape index (κ1) is 27.5. The fourth-order valence-electron chi connectivity index (χ4n) is 4.89. The molecular weight excluding hydrogens is 523 g/mol. The fourth-order valence-corrected chi connectivity index (χ4v) is 5.15. The second kappa shape index (κ2) is 10.7. The summed E-state index contributed by atoms with van der Waals surface area (Å²) >= 11 is 6.18. The van der Waals surface area contributed by atoms with Gasteiger partial charge < -0.3 is 20.7 Å². The Morgan fingerprint density at radius 2 is 1.89 bits per heavy atom. The smallest absolute Gasteiger partial charge is 0.329 e. The number of hydrogen-bond acceptors (Lipinski definition) is 3. The minimum atomic E-state index is -1.71. The summed E-state index contributed by atoms with van der Waals surface area (Å²) < 4.78 is 41.3. The van der Waals surface area contributed by atoms with E-state index >= 15 is 0 Å². The van der Waals surface area contributed by atoms with Crippen LogP contribution in [0.3, 0.4) is 0 Å². The minimum Gasteiger partial charge on any atom is -0.479 e. The van der Waals surface area contributed by atoms with Crippen LogP contribution < -0.4 is 10.6 Å². The van der Waals surface area contributed by atoms with Gasteiger partial charge in [-0.15, -0.1) is 0 Å². The van der Waals surface area contributed by atoms with Crippen molar-refractivity contribution >= 4 is 40.3 Å². The topological polar surface area (TPSA) is 111 Å².